The van der Waals surface area contributed by atoms with Gasteiger partial charge in [0.1, 0.15) is 5.76 Å². The third-order valence-electron chi connectivity index (χ3n) is 2.63. The van der Waals surface area contributed by atoms with E-state index in [1.54, 1.807) is 6.26 Å². The second-order valence-corrected chi connectivity index (χ2v) is 3.77. The van der Waals surface area contributed by atoms with Crippen molar-refractivity contribution in [1.29, 1.82) is 0 Å². The van der Waals surface area contributed by atoms with Gasteiger partial charge in [0.15, 0.2) is 0 Å². The lowest BCUT2D eigenvalue weighted by molar-refractivity contribution is 0.0427. The summed E-state index contributed by atoms with van der Waals surface area (Å²) in [4.78, 5) is 2.28. The van der Waals surface area contributed by atoms with Gasteiger partial charge in [0.25, 0.3) is 0 Å². The molecule has 2 heterocycles. The highest BCUT2D eigenvalue weighted by atomic mass is 16.3. The summed E-state index contributed by atoms with van der Waals surface area (Å²) in [5.74, 6) is 1.53. The minimum atomic E-state index is 0.313. The molecular formula is C10H15NO2. The van der Waals surface area contributed by atoms with Gasteiger partial charge < -0.3 is 9.52 Å². The van der Waals surface area contributed by atoms with Crippen LogP contribution >= 0.6 is 0 Å². The number of aryl methyl sites for hydroxylation is 1. The molecule has 0 amide bonds. The van der Waals surface area contributed by atoms with Crippen LogP contribution in [0.2, 0.25) is 0 Å². The highest BCUT2D eigenvalue weighted by Gasteiger charge is 2.26. The van der Waals surface area contributed by atoms with Crippen molar-refractivity contribution in [3.63, 3.8) is 0 Å². The Morgan fingerprint density at radius 2 is 2.38 bits per heavy atom. The van der Waals surface area contributed by atoms with Crippen LogP contribution in [-0.4, -0.2) is 29.7 Å². The summed E-state index contributed by atoms with van der Waals surface area (Å²) >= 11 is 0. The van der Waals surface area contributed by atoms with Gasteiger partial charge in [-0.1, -0.05) is 0 Å². The van der Waals surface area contributed by atoms with Gasteiger partial charge >= 0.3 is 0 Å². The minimum Gasteiger partial charge on any atom is -0.468 e. The van der Waals surface area contributed by atoms with E-state index < -0.39 is 0 Å². The van der Waals surface area contributed by atoms with Crippen molar-refractivity contribution in [2.24, 2.45) is 5.92 Å². The molecule has 1 aromatic rings. The van der Waals surface area contributed by atoms with Gasteiger partial charge in [-0.05, 0) is 18.6 Å². The first kappa shape index (κ1) is 8.78. The molecule has 0 aromatic carbocycles. The molecular weight excluding hydrogens is 166 g/mol. The fraction of sp³-hybridized carbons (Fsp3) is 0.600. The van der Waals surface area contributed by atoms with Crippen molar-refractivity contribution in [3.05, 3.63) is 23.7 Å². The van der Waals surface area contributed by atoms with E-state index in [1.807, 2.05) is 6.07 Å². The molecule has 3 heteroatoms. The molecule has 0 bridgehead atoms. The number of furan rings is 1. The maximum absolute atomic E-state index is 8.83. The van der Waals surface area contributed by atoms with Crippen LogP contribution in [0.5, 0.6) is 0 Å². The zero-order valence-electron chi connectivity index (χ0n) is 7.86. The first-order chi connectivity index (χ1) is 6.29. The average molecular weight is 181 g/mol. The van der Waals surface area contributed by atoms with Crippen molar-refractivity contribution < 1.29 is 9.52 Å². The molecule has 1 saturated heterocycles. The lowest BCUT2D eigenvalue weighted by Gasteiger charge is -2.37. The number of rotatable bonds is 3. The molecule has 0 radical (unpaired) electrons. The normalized spacial score (nSPS) is 18.9. The topological polar surface area (TPSA) is 36.6 Å². The Bertz CT molecular complexity index is 276. The zero-order valence-corrected chi connectivity index (χ0v) is 7.86. The maximum Gasteiger partial charge on any atom is 0.120 e. The van der Waals surface area contributed by atoms with E-state index >= 15 is 0 Å². The van der Waals surface area contributed by atoms with Gasteiger partial charge in [-0.25, -0.2) is 0 Å². The predicted molar refractivity (Wildman–Crippen MR) is 49.3 cm³/mol. The molecule has 1 aromatic heterocycles. The summed E-state index contributed by atoms with van der Waals surface area (Å²) in [6.07, 6.45) is 1.73. The summed E-state index contributed by atoms with van der Waals surface area (Å²) < 4.78 is 5.34. The Kier molecular flexibility index (Phi) is 2.38. The minimum absolute atomic E-state index is 0.313. The largest absolute Gasteiger partial charge is 0.468 e. The number of likely N-dealkylation sites (tertiary alicyclic amines) is 1. The van der Waals surface area contributed by atoms with Gasteiger partial charge in [0, 0.05) is 25.6 Å². The molecule has 0 aliphatic carbocycles. The molecule has 0 saturated carbocycles. The summed E-state index contributed by atoms with van der Waals surface area (Å²) in [5.41, 5.74) is 1.22. The Balaban J connectivity index is 1.84. The summed E-state index contributed by atoms with van der Waals surface area (Å²) in [6.45, 7) is 5.25. The van der Waals surface area contributed by atoms with E-state index in [9.17, 15) is 0 Å². The van der Waals surface area contributed by atoms with Crippen LogP contribution < -0.4 is 0 Å². The van der Waals surface area contributed by atoms with E-state index in [4.69, 9.17) is 9.52 Å². The number of aliphatic hydroxyl groups is 1. The van der Waals surface area contributed by atoms with Gasteiger partial charge in [-0.3, -0.25) is 4.90 Å². The molecule has 0 atom stereocenters. The molecule has 72 valence electrons. The van der Waals surface area contributed by atoms with Crippen LogP contribution in [0.15, 0.2) is 16.7 Å². The fourth-order valence-electron chi connectivity index (χ4n) is 1.69. The molecule has 1 aliphatic rings. The van der Waals surface area contributed by atoms with Crippen LogP contribution in [0, 0.1) is 12.8 Å². The molecule has 13 heavy (non-hydrogen) atoms. The lowest BCUT2D eigenvalue weighted by atomic mass is 10.0. The lowest BCUT2D eigenvalue weighted by Crippen LogP contribution is -2.47. The van der Waals surface area contributed by atoms with Gasteiger partial charge in [-0.15, -0.1) is 0 Å². The average Bonchev–Trinajstić information content (AvgIpc) is 2.43. The molecule has 0 spiro atoms. The fourth-order valence-corrected chi connectivity index (χ4v) is 1.69. The van der Waals surface area contributed by atoms with Crippen molar-refractivity contribution in [2.75, 3.05) is 19.7 Å². The van der Waals surface area contributed by atoms with Gasteiger partial charge in [-0.2, -0.15) is 0 Å². The van der Waals surface area contributed by atoms with Crippen LogP contribution in [0.25, 0.3) is 0 Å². The number of hydrogen-bond donors (Lipinski definition) is 1. The zero-order chi connectivity index (χ0) is 9.26. The Labute approximate surface area is 78.0 Å². The van der Waals surface area contributed by atoms with E-state index in [2.05, 4.69) is 11.8 Å². The second-order valence-electron chi connectivity index (χ2n) is 3.77. The third-order valence-corrected chi connectivity index (χ3v) is 2.63. The SMILES string of the molecule is Cc1ccoc1CN1CC(CO)C1. The van der Waals surface area contributed by atoms with E-state index in [1.165, 1.54) is 5.56 Å². The third kappa shape index (κ3) is 1.76. The van der Waals surface area contributed by atoms with Crippen molar-refractivity contribution >= 4 is 0 Å². The standard InChI is InChI=1S/C10H15NO2/c1-8-2-3-13-10(8)6-11-4-9(5-11)7-12/h2-3,9,12H,4-7H2,1H3. The summed E-state index contributed by atoms with van der Waals surface area (Å²) in [5, 5.41) is 8.83. The molecule has 1 aliphatic heterocycles. The molecule has 2 rings (SSSR count). The Morgan fingerprint density at radius 3 is 2.92 bits per heavy atom. The Morgan fingerprint density at radius 1 is 1.62 bits per heavy atom. The number of hydrogen-bond acceptors (Lipinski definition) is 3. The van der Waals surface area contributed by atoms with E-state index in [0.29, 0.717) is 12.5 Å². The smallest absolute Gasteiger partial charge is 0.120 e. The van der Waals surface area contributed by atoms with Crippen molar-refractivity contribution in [1.82, 2.24) is 4.90 Å². The monoisotopic (exact) mass is 181 g/mol. The summed E-state index contributed by atoms with van der Waals surface area (Å²) in [6, 6.07) is 1.98. The van der Waals surface area contributed by atoms with Gasteiger partial charge in [0.05, 0.1) is 12.8 Å². The summed E-state index contributed by atoms with van der Waals surface area (Å²) in [7, 11) is 0. The molecule has 0 unspecified atom stereocenters. The predicted octanol–water partition coefficient (Wildman–Crippen LogP) is 1.01. The maximum atomic E-state index is 8.83. The first-order valence-electron chi connectivity index (χ1n) is 4.66. The molecule has 1 N–H and O–H groups in total. The van der Waals surface area contributed by atoms with E-state index in [0.717, 1.165) is 25.4 Å². The van der Waals surface area contributed by atoms with Crippen molar-refractivity contribution in [2.45, 2.75) is 13.5 Å². The van der Waals surface area contributed by atoms with Crippen molar-refractivity contribution in [3.8, 4) is 0 Å². The van der Waals surface area contributed by atoms with Crippen LogP contribution in [0.1, 0.15) is 11.3 Å². The van der Waals surface area contributed by atoms with E-state index in [-0.39, 0.29) is 0 Å². The Hall–Kier alpha value is -0.800. The second kappa shape index (κ2) is 3.52. The quantitative estimate of drug-likeness (QED) is 0.756. The molecule has 3 nitrogen and oxygen atoms in total. The highest BCUT2D eigenvalue weighted by molar-refractivity contribution is 5.14. The van der Waals surface area contributed by atoms with Crippen LogP contribution in [0.3, 0.4) is 0 Å². The number of aliphatic hydroxyl groups excluding tert-OH is 1. The van der Waals surface area contributed by atoms with Gasteiger partial charge in [0.2, 0.25) is 0 Å². The highest BCUT2D eigenvalue weighted by Crippen LogP contribution is 2.19. The van der Waals surface area contributed by atoms with Crippen LogP contribution in [0.4, 0.5) is 0 Å². The number of nitrogens with zero attached hydrogens (tertiary/aromatic N) is 1. The molecule has 1 fully saturated rings. The first-order valence-corrected chi connectivity index (χ1v) is 4.66. The van der Waals surface area contributed by atoms with Crippen LogP contribution in [-0.2, 0) is 6.54 Å².